The van der Waals surface area contributed by atoms with Gasteiger partial charge in [-0.1, -0.05) is 0 Å². The molecule has 0 amide bonds. The smallest absolute Gasteiger partial charge is 0.110 e. The van der Waals surface area contributed by atoms with Crippen molar-refractivity contribution >= 4 is 27.3 Å². The van der Waals surface area contributed by atoms with Crippen LogP contribution in [0.4, 0.5) is 0 Å². The number of hydrogen-bond donors (Lipinski definition) is 1. The van der Waals surface area contributed by atoms with Crippen molar-refractivity contribution in [1.29, 1.82) is 0 Å². The molecule has 5 heteroatoms. The maximum absolute atomic E-state index is 5.53. The van der Waals surface area contributed by atoms with Gasteiger partial charge < -0.3 is 10.3 Å². The molecule has 2 heterocycles. The number of rotatable bonds is 4. The van der Waals surface area contributed by atoms with Gasteiger partial charge in [0.05, 0.1) is 10.3 Å². The van der Waals surface area contributed by atoms with Crippen LogP contribution in [-0.4, -0.2) is 16.1 Å². The molecule has 15 heavy (non-hydrogen) atoms. The van der Waals surface area contributed by atoms with Crippen molar-refractivity contribution in [3.63, 3.8) is 0 Å². The molecule has 0 radical (unpaired) electrons. The molecule has 2 N–H and O–H groups in total. The number of hydrogen-bond acceptors (Lipinski definition) is 3. The average molecular weight is 286 g/mol. The minimum Gasteiger partial charge on any atom is -0.330 e. The fourth-order valence-electron chi connectivity index (χ4n) is 1.45. The standard InChI is InChI=1S/C10H12BrN3S/c11-9-2-1-8(15-9)7-14-6-5-13-10(14)3-4-12/h1-2,5-6H,3-4,7,12H2. The van der Waals surface area contributed by atoms with Gasteiger partial charge in [0.25, 0.3) is 0 Å². The van der Waals surface area contributed by atoms with E-state index in [0.29, 0.717) is 6.54 Å². The van der Waals surface area contributed by atoms with E-state index in [4.69, 9.17) is 5.73 Å². The molecule has 3 nitrogen and oxygen atoms in total. The maximum atomic E-state index is 5.53. The molecule has 0 atom stereocenters. The van der Waals surface area contributed by atoms with Gasteiger partial charge in [0.2, 0.25) is 0 Å². The first-order chi connectivity index (χ1) is 7.29. The number of imidazole rings is 1. The zero-order valence-corrected chi connectivity index (χ0v) is 10.6. The van der Waals surface area contributed by atoms with E-state index in [0.717, 1.165) is 22.6 Å². The normalized spacial score (nSPS) is 10.8. The minimum absolute atomic E-state index is 0.644. The van der Waals surface area contributed by atoms with E-state index in [-0.39, 0.29) is 0 Å². The molecule has 0 spiro atoms. The van der Waals surface area contributed by atoms with Crippen molar-refractivity contribution < 1.29 is 0 Å². The first-order valence-electron chi connectivity index (χ1n) is 4.74. The first-order valence-corrected chi connectivity index (χ1v) is 6.35. The molecule has 0 aliphatic heterocycles. The predicted octanol–water partition coefficient (Wildman–Crippen LogP) is 2.26. The van der Waals surface area contributed by atoms with Crippen LogP contribution in [0.5, 0.6) is 0 Å². The predicted molar refractivity (Wildman–Crippen MR) is 66.1 cm³/mol. The van der Waals surface area contributed by atoms with Gasteiger partial charge in [0.1, 0.15) is 5.82 Å². The van der Waals surface area contributed by atoms with Crippen molar-refractivity contribution in [2.24, 2.45) is 5.73 Å². The van der Waals surface area contributed by atoms with Crippen molar-refractivity contribution in [3.05, 3.63) is 39.0 Å². The first kappa shape index (κ1) is 10.9. The molecule has 0 aliphatic carbocycles. The largest absolute Gasteiger partial charge is 0.330 e. The Hall–Kier alpha value is -0.650. The third-order valence-corrected chi connectivity index (χ3v) is 3.73. The van der Waals surface area contributed by atoms with Gasteiger partial charge in [-0.15, -0.1) is 11.3 Å². The summed E-state index contributed by atoms with van der Waals surface area (Å²) in [7, 11) is 0. The molecular formula is C10H12BrN3S. The number of aromatic nitrogens is 2. The van der Waals surface area contributed by atoms with Crippen LogP contribution in [0.2, 0.25) is 0 Å². The SMILES string of the molecule is NCCc1nccn1Cc1ccc(Br)s1. The second-order valence-corrected chi connectivity index (χ2v) is 5.76. The molecule has 2 aromatic rings. The highest BCUT2D eigenvalue weighted by atomic mass is 79.9. The monoisotopic (exact) mass is 285 g/mol. The third-order valence-electron chi connectivity index (χ3n) is 2.12. The van der Waals surface area contributed by atoms with Gasteiger partial charge in [-0.05, 0) is 34.6 Å². The van der Waals surface area contributed by atoms with Gasteiger partial charge in [0, 0.05) is 23.7 Å². The van der Waals surface area contributed by atoms with Crippen molar-refractivity contribution in [3.8, 4) is 0 Å². The highest BCUT2D eigenvalue weighted by molar-refractivity contribution is 9.11. The van der Waals surface area contributed by atoms with Crippen LogP contribution < -0.4 is 5.73 Å². The van der Waals surface area contributed by atoms with Crippen molar-refractivity contribution in [2.45, 2.75) is 13.0 Å². The van der Waals surface area contributed by atoms with Crippen LogP contribution in [0.25, 0.3) is 0 Å². The number of thiophene rings is 1. The number of nitrogens with two attached hydrogens (primary N) is 1. The molecule has 0 fully saturated rings. The van der Waals surface area contributed by atoms with E-state index < -0.39 is 0 Å². The minimum atomic E-state index is 0.644. The molecule has 0 aromatic carbocycles. The lowest BCUT2D eigenvalue weighted by molar-refractivity contribution is 0.723. The molecule has 0 saturated heterocycles. The quantitative estimate of drug-likeness (QED) is 0.937. The maximum Gasteiger partial charge on any atom is 0.110 e. The van der Waals surface area contributed by atoms with E-state index in [2.05, 4.69) is 37.6 Å². The zero-order valence-electron chi connectivity index (χ0n) is 8.19. The molecule has 2 aromatic heterocycles. The average Bonchev–Trinajstić information content (AvgIpc) is 2.78. The third kappa shape index (κ3) is 2.68. The van der Waals surface area contributed by atoms with Gasteiger partial charge in [-0.25, -0.2) is 4.98 Å². The lowest BCUT2D eigenvalue weighted by atomic mass is 10.4. The second-order valence-electron chi connectivity index (χ2n) is 3.22. The molecule has 80 valence electrons. The molecule has 0 unspecified atom stereocenters. The lowest BCUT2D eigenvalue weighted by Gasteiger charge is -2.04. The summed E-state index contributed by atoms with van der Waals surface area (Å²) in [6.07, 6.45) is 4.66. The molecule has 0 bridgehead atoms. The summed E-state index contributed by atoms with van der Waals surface area (Å²) in [4.78, 5) is 5.60. The summed E-state index contributed by atoms with van der Waals surface area (Å²) in [6, 6.07) is 4.19. The van der Waals surface area contributed by atoms with E-state index >= 15 is 0 Å². The van der Waals surface area contributed by atoms with Gasteiger partial charge in [-0.3, -0.25) is 0 Å². The summed E-state index contributed by atoms with van der Waals surface area (Å²) in [5.74, 6) is 1.06. The Labute approximate surface area is 101 Å². The molecule has 0 saturated carbocycles. The Bertz CT molecular complexity index is 435. The Morgan fingerprint density at radius 1 is 1.47 bits per heavy atom. The Morgan fingerprint density at radius 3 is 3.00 bits per heavy atom. The Morgan fingerprint density at radius 2 is 2.33 bits per heavy atom. The van der Waals surface area contributed by atoms with E-state index in [1.54, 1.807) is 11.3 Å². The van der Waals surface area contributed by atoms with Gasteiger partial charge in [0.15, 0.2) is 0 Å². The highest BCUT2D eigenvalue weighted by Crippen LogP contribution is 2.23. The summed E-state index contributed by atoms with van der Waals surface area (Å²) in [6.45, 7) is 1.52. The number of nitrogens with zero attached hydrogens (tertiary/aromatic N) is 2. The van der Waals surface area contributed by atoms with Crippen molar-refractivity contribution in [2.75, 3.05) is 6.54 Å². The van der Waals surface area contributed by atoms with Gasteiger partial charge >= 0.3 is 0 Å². The van der Waals surface area contributed by atoms with E-state index in [1.165, 1.54) is 4.88 Å². The number of halogens is 1. The second kappa shape index (κ2) is 4.92. The van der Waals surface area contributed by atoms with Crippen LogP contribution in [0.3, 0.4) is 0 Å². The summed E-state index contributed by atoms with van der Waals surface area (Å²) >= 11 is 5.21. The summed E-state index contributed by atoms with van der Waals surface area (Å²) in [5.41, 5.74) is 5.53. The van der Waals surface area contributed by atoms with Crippen LogP contribution in [0, 0.1) is 0 Å². The molecule has 0 aliphatic rings. The fraction of sp³-hybridized carbons (Fsp3) is 0.300. The summed E-state index contributed by atoms with van der Waals surface area (Å²) in [5, 5.41) is 0. The van der Waals surface area contributed by atoms with E-state index in [9.17, 15) is 0 Å². The molecule has 2 rings (SSSR count). The molecular weight excluding hydrogens is 274 g/mol. The zero-order chi connectivity index (χ0) is 10.7. The lowest BCUT2D eigenvalue weighted by Crippen LogP contribution is -2.09. The van der Waals surface area contributed by atoms with Crippen LogP contribution in [0.15, 0.2) is 28.3 Å². The highest BCUT2D eigenvalue weighted by Gasteiger charge is 2.04. The Balaban J connectivity index is 2.13. The fourth-order valence-corrected chi connectivity index (χ4v) is 2.93. The van der Waals surface area contributed by atoms with Crippen LogP contribution in [0.1, 0.15) is 10.7 Å². The van der Waals surface area contributed by atoms with Gasteiger partial charge in [-0.2, -0.15) is 0 Å². The van der Waals surface area contributed by atoms with Crippen molar-refractivity contribution in [1.82, 2.24) is 9.55 Å². The van der Waals surface area contributed by atoms with Crippen LogP contribution >= 0.6 is 27.3 Å². The summed E-state index contributed by atoms with van der Waals surface area (Å²) < 4.78 is 3.31. The topological polar surface area (TPSA) is 43.8 Å². The Kier molecular flexibility index (Phi) is 3.56. The van der Waals surface area contributed by atoms with E-state index in [1.807, 2.05) is 12.4 Å². The van der Waals surface area contributed by atoms with Crippen LogP contribution in [-0.2, 0) is 13.0 Å².